The van der Waals surface area contributed by atoms with Gasteiger partial charge in [0.25, 0.3) is 5.91 Å². The third kappa shape index (κ3) is 3.31. The Morgan fingerprint density at radius 2 is 1.61 bits per heavy atom. The van der Waals surface area contributed by atoms with Crippen LogP contribution in [0.3, 0.4) is 0 Å². The fraction of sp³-hybridized carbons (Fsp3) is 0.217. The smallest absolute Gasteiger partial charge is 0.255 e. The number of anilines is 2. The first-order valence-corrected chi connectivity index (χ1v) is 9.51. The van der Waals surface area contributed by atoms with Crippen LogP contribution in [0.25, 0.3) is 5.69 Å². The minimum Gasteiger partial charge on any atom is -0.320 e. The van der Waals surface area contributed by atoms with Crippen LogP contribution in [0.15, 0.2) is 60.7 Å². The second-order valence-corrected chi connectivity index (χ2v) is 7.12. The lowest BCUT2D eigenvalue weighted by atomic mass is 10.1. The van der Waals surface area contributed by atoms with Crippen molar-refractivity contribution >= 4 is 23.2 Å². The Balaban J connectivity index is 1.56. The number of benzene rings is 2. The predicted molar refractivity (Wildman–Crippen MR) is 111 cm³/mol. The van der Waals surface area contributed by atoms with Gasteiger partial charge in [-0.1, -0.05) is 12.1 Å². The number of aryl methyl sites for hydroxylation is 2. The van der Waals surface area contributed by atoms with Gasteiger partial charge in [0, 0.05) is 35.6 Å². The van der Waals surface area contributed by atoms with Crippen molar-refractivity contribution in [2.75, 3.05) is 16.8 Å². The van der Waals surface area contributed by atoms with Crippen molar-refractivity contribution in [3.05, 3.63) is 77.6 Å². The minimum absolute atomic E-state index is 0.100. The molecule has 2 aromatic carbocycles. The monoisotopic (exact) mass is 373 g/mol. The van der Waals surface area contributed by atoms with Crippen molar-refractivity contribution in [1.82, 2.24) is 4.57 Å². The summed E-state index contributed by atoms with van der Waals surface area (Å²) in [5.74, 6) is -0.0879. The predicted octanol–water partition coefficient (Wildman–Crippen LogP) is 4.47. The van der Waals surface area contributed by atoms with Crippen LogP contribution in [-0.4, -0.2) is 22.9 Å². The number of nitrogens with one attached hydrogen (secondary N) is 1. The third-order valence-electron chi connectivity index (χ3n) is 5.18. The van der Waals surface area contributed by atoms with Crippen LogP contribution >= 0.6 is 0 Å². The van der Waals surface area contributed by atoms with E-state index in [2.05, 4.69) is 35.9 Å². The van der Waals surface area contributed by atoms with Crippen molar-refractivity contribution in [3.63, 3.8) is 0 Å². The Morgan fingerprint density at radius 1 is 0.929 bits per heavy atom. The van der Waals surface area contributed by atoms with Gasteiger partial charge in [-0.2, -0.15) is 0 Å². The van der Waals surface area contributed by atoms with Gasteiger partial charge in [-0.05, 0) is 68.8 Å². The van der Waals surface area contributed by atoms with Gasteiger partial charge in [-0.15, -0.1) is 0 Å². The van der Waals surface area contributed by atoms with Gasteiger partial charge in [0.05, 0.1) is 11.4 Å². The highest BCUT2D eigenvalue weighted by Gasteiger charge is 2.24. The highest BCUT2D eigenvalue weighted by atomic mass is 16.2. The molecule has 5 heteroatoms. The molecule has 1 fully saturated rings. The maximum atomic E-state index is 12.8. The van der Waals surface area contributed by atoms with Crippen LogP contribution in [0.1, 0.15) is 34.6 Å². The SMILES string of the molecule is Cc1ccc(C)n1-c1ccc(C(=O)Nc2ccccc2N2CCCC2=O)cc1. The van der Waals surface area contributed by atoms with E-state index < -0.39 is 0 Å². The van der Waals surface area contributed by atoms with Gasteiger partial charge in [-0.25, -0.2) is 0 Å². The highest BCUT2D eigenvalue weighted by Crippen LogP contribution is 2.29. The van der Waals surface area contributed by atoms with Crippen LogP contribution in [-0.2, 0) is 4.79 Å². The van der Waals surface area contributed by atoms with E-state index in [0.29, 0.717) is 24.2 Å². The van der Waals surface area contributed by atoms with Crippen molar-refractivity contribution in [1.29, 1.82) is 0 Å². The Hall–Kier alpha value is -3.34. The average Bonchev–Trinajstić information content (AvgIpc) is 3.27. The highest BCUT2D eigenvalue weighted by molar-refractivity contribution is 6.08. The first kappa shape index (κ1) is 18.0. The largest absolute Gasteiger partial charge is 0.320 e. The summed E-state index contributed by atoms with van der Waals surface area (Å²) >= 11 is 0. The maximum Gasteiger partial charge on any atom is 0.255 e. The van der Waals surface area contributed by atoms with E-state index in [1.807, 2.05) is 48.5 Å². The number of rotatable bonds is 4. The molecule has 1 saturated heterocycles. The molecule has 4 rings (SSSR count). The molecular weight excluding hydrogens is 350 g/mol. The number of hydrogen-bond acceptors (Lipinski definition) is 2. The van der Waals surface area contributed by atoms with E-state index in [-0.39, 0.29) is 11.8 Å². The normalized spacial score (nSPS) is 13.8. The van der Waals surface area contributed by atoms with Crippen LogP contribution in [0.2, 0.25) is 0 Å². The molecule has 0 atom stereocenters. The van der Waals surface area contributed by atoms with Gasteiger partial charge >= 0.3 is 0 Å². The zero-order valence-corrected chi connectivity index (χ0v) is 16.1. The molecule has 0 radical (unpaired) electrons. The van der Waals surface area contributed by atoms with Crippen molar-refractivity contribution in [3.8, 4) is 5.69 Å². The van der Waals surface area contributed by atoms with Gasteiger partial charge in [0.15, 0.2) is 0 Å². The quantitative estimate of drug-likeness (QED) is 0.733. The lowest BCUT2D eigenvalue weighted by molar-refractivity contribution is -0.117. The molecule has 0 saturated carbocycles. The number of para-hydroxylation sites is 2. The molecule has 28 heavy (non-hydrogen) atoms. The summed E-state index contributed by atoms with van der Waals surface area (Å²) in [5.41, 5.74) is 5.32. The van der Waals surface area contributed by atoms with Gasteiger partial charge in [0.1, 0.15) is 0 Å². The molecule has 0 spiro atoms. The Kier molecular flexibility index (Phi) is 4.74. The number of carbonyl (C=O) groups is 2. The second kappa shape index (κ2) is 7.35. The molecule has 1 N–H and O–H groups in total. The number of hydrogen-bond donors (Lipinski definition) is 1. The van der Waals surface area contributed by atoms with Crippen molar-refractivity contribution in [2.24, 2.45) is 0 Å². The summed E-state index contributed by atoms with van der Waals surface area (Å²) in [7, 11) is 0. The average molecular weight is 373 g/mol. The van der Waals surface area contributed by atoms with E-state index in [0.717, 1.165) is 29.2 Å². The standard InChI is InChI=1S/C23H23N3O2/c1-16-9-10-17(2)26(16)19-13-11-18(12-14-19)23(28)24-20-6-3-4-7-21(20)25-15-5-8-22(25)27/h3-4,6-7,9-14H,5,8,15H2,1-2H3,(H,24,28). The molecular formula is C23H23N3O2. The Labute approximate surface area is 164 Å². The van der Waals surface area contributed by atoms with E-state index in [1.165, 1.54) is 0 Å². The zero-order chi connectivity index (χ0) is 19.7. The Morgan fingerprint density at radius 3 is 2.25 bits per heavy atom. The third-order valence-corrected chi connectivity index (χ3v) is 5.18. The van der Waals surface area contributed by atoms with Crippen molar-refractivity contribution < 1.29 is 9.59 Å². The molecule has 5 nitrogen and oxygen atoms in total. The molecule has 1 aromatic heterocycles. The number of aromatic nitrogens is 1. The molecule has 1 aliphatic rings. The molecule has 2 heterocycles. The second-order valence-electron chi connectivity index (χ2n) is 7.12. The number of carbonyl (C=O) groups excluding carboxylic acids is 2. The molecule has 0 bridgehead atoms. The fourth-order valence-corrected chi connectivity index (χ4v) is 3.75. The van der Waals surface area contributed by atoms with E-state index >= 15 is 0 Å². The van der Waals surface area contributed by atoms with Crippen LogP contribution in [0.5, 0.6) is 0 Å². The first-order chi connectivity index (χ1) is 13.5. The summed E-state index contributed by atoms with van der Waals surface area (Å²) in [4.78, 5) is 26.6. The van der Waals surface area contributed by atoms with Crippen LogP contribution in [0, 0.1) is 13.8 Å². The van der Waals surface area contributed by atoms with Crippen molar-refractivity contribution in [2.45, 2.75) is 26.7 Å². The molecule has 3 aromatic rings. The van der Waals surface area contributed by atoms with E-state index in [9.17, 15) is 9.59 Å². The summed E-state index contributed by atoms with van der Waals surface area (Å²) in [6, 6.07) is 19.2. The van der Waals surface area contributed by atoms with Gasteiger partial charge in [-0.3, -0.25) is 9.59 Å². The molecule has 1 aliphatic heterocycles. The molecule has 0 aliphatic carbocycles. The van der Waals surface area contributed by atoms with E-state index in [1.54, 1.807) is 4.90 Å². The van der Waals surface area contributed by atoms with Gasteiger partial charge in [0.2, 0.25) is 5.91 Å². The topological polar surface area (TPSA) is 54.3 Å². The summed E-state index contributed by atoms with van der Waals surface area (Å²) in [6.45, 7) is 4.81. The number of amides is 2. The first-order valence-electron chi connectivity index (χ1n) is 9.51. The summed E-state index contributed by atoms with van der Waals surface area (Å²) < 4.78 is 2.15. The van der Waals surface area contributed by atoms with Crippen LogP contribution in [0.4, 0.5) is 11.4 Å². The van der Waals surface area contributed by atoms with Gasteiger partial charge < -0.3 is 14.8 Å². The maximum absolute atomic E-state index is 12.8. The van der Waals surface area contributed by atoms with Crippen LogP contribution < -0.4 is 10.2 Å². The lowest BCUT2D eigenvalue weighted by Gasteiger charge is -2.20. The number of nitrogens with zero attached hydrogens (tertiary/aromatic N) is 2. The van der Waals surface area contributed by atoms with E-state index in [4.69, 9.17) is 0 Å². The lowest BCUT2D eigenvalue weighted by Crippen LogP contribution is -2.25. The molecule has 2 amide bonds. The molecule has 142 valence electrons. The fourth-order valence-electron chi connectivity index (χ4n) is 3.75. The summed E-state index contributed by atoms with van der Waals surface area (Å²) in [6.07, 6.45) is 1.41. The minimum atomic E-state index is -0.188. The summed E-state index contributed by atoms with van der Waals surface area (Å²) in [5, 5.41) is 2.96. The zero-order valence-electron chi connectivity index (χ0n) is 16.1. The molecule has 0 unspecified atom stereocenters. The Bertz CT molecular complexity index is 1010.